The van der Waals surface area contributed by atoms with Crippen molar-refractivity contribution in [3.63, 3.8) is 0 Å². The fourth-order valence-corrected chi connectivity index (χ4v) is 1.47. The maximum atomic E-state index is 12.2. The number of benzene rings is 1. The van der Waals surface area contributed by atoms with Crippen LogP contribution in [-0.2, 0) is 10.7 Å². The summed E-state index contributed by atoms with van der Waals surface area (Å²) in [6.45, 7) is 0. The molecule has 2 N–H and O–H groups in total. The summed E-state index contributed by atoms with van der Waals surface area (Å²) in [7, 11) is -5.06. The van der Waals surface area contributed by atoms with Crippen molar-refractivity contribution >= 4 is 13.1 Å². The molecule has 1 rings (SSSR count). The van der Waals surface area contributed by atoms with Gasteiger partial charge in [0, 0.05) is 5.56 Å². The van der Waals surface area contributed by atoms with Crippen molar-refractivity contribution in [1.82, 2.24) is 0 Å². The third-order valence-electron chi connectivity index (χ3n) is 1.70. The SMILES string of the molecule is O=C(c1cccc(C(F)(F)F)c1)P(=O)(O)O. The Morgan fingerprint density at radius 2 is 1.81 bits per heavy atom. The van der Waals surface area contributed by atoms with Gasteiger partial charge < -0.3 is 9.79 Å². The van der Waals surface area contributed by atoms with Crippen molar-refractivity contribution in [1.29, 1.82) is 0 Å². The monoisotopic (exact) mass is 254 g/mol. The molecule has 0 aromatic heterocycles. The van der Waals surface area contributed by atoms with E-state index in [4.69, 9.17) is 9.79 Å². The molecule has 0 saturated heterocycles. The number of alkyl halides is 3. The van der Waals surface area contributed by atoms with E-state index in [0.29, 0.717) is 12.1 Å². The zero-order valence-corrected chi connectivity index (χ0v) is 8.50. The van der Waals surface area contributed by atoms with Crippen LogP contribution < -0.4 is 0 Å². The van der Waals surface area contributed by atoms with E-state index in [1.54, 1.807) is 0 Å². The van der Waals surface area contributed by atoms with Crippen LogP contribution in [-0.4, -0.2) is 15.3 Å². The first-order valence-corrected chi connectivity index (χ1v) is 5.51. The lowest BCUT2D eigenvalue weighted by Crippen LogP contribution is -2.07. The van der Waals surface area contributed by atoms with Gasteiger partial charge in [0.1, 0.15) is 0 Å². The highest BCUT2D eigenvalue weighted by atomic mass is 31.2. The summed E-state index contributed by atoms with van der Waals surface area (Å²) in [5, 5.41) is 0. The van der Waals surface area contributed by atoms with Crippen LogP contribution in [0.4, 0.5) is 13.2 Å². The number of carbonyl (C=O) groups is 1. The van der Waals surface area contributed by atoms with E-state index in [9.17, 15) is 22.5 Å². The van der Waals surface area contributed by atoms with E-state index >= 15 is 0 Å². The molecule has 1 aromatic rings. The van der Waals surface area contributed by atoms with Crippen molar-refractivity contribution in [2.45, 2.75) is 6.18 Å². The van der Waals surface area contributed by atoms with Gasteiger partial charge in [-0.3, -0.25) is 9.36 Å². The summed E-state index contributed by atoms with van der Waals surface area (Å²) in [6, 6.07) is 2.93. The molecule has 0 spiro atoms. The molecule has 4 nitrogen and oxygen atoms in total. The average Bonchev–Trinajstić information content (AvgIpc) is 2.14. The van der Waals surface area contributed by atoms with Crippen LogP contribution >= 0.6 is 7.60 Å². The molecule has 0 amide bonds. The summed E-state index contributed by atoms with van der Waals surface area (Å²) >= 11 is 0. The van der Waals surface area contributed by atoms with Gasteiger partial charge in [0.25, 0.3) is 5.52 Å². The molecule has 0 atom stereocenters. The summed E-state index contributed by atoms with van der Waals surface area (Å²) in [5.74, 6) is 0. The number of carbonyl (C=O) groups excluding carboxylic acids is 1. The maximum Gasteiger partial charge on any atom is 0.416 e. The van der Waals surface area contributed by atoms with E-state index in [0.717, 1.165) is 12.1 Å². The van der Waals surface area contributed by atoms with Crippen LogP contribution in [0.2, 0.25) is 0 Å². The molecule has 0 unspecified atom stereocenters. The van der Waals surface area contributed by atoms with Gasteiger partial charge in [0.05, 0.1) is 5.56 Å². The summed E-state index contributed by atoms with van der Waals surface area (Å²) in [6.07, 6.45) is -4.66. The van der Waals surface area contributed by atoms with Gasteiger partial charge in [-0.2, -0.15) is 13.2 Å². The lowest BCUT2D eigenvalue weighted by atomic mass is 10.1. The third-order valence-corrected chi connectivity index (χ3v) is 2.49. The van der Waals surface area contributed by atoms with E-state index in [2.05, 4.69) is 0 Å². The smallest absolute Gasteiger partial charge is 0.319 e. The van der Waals surface area contributed by atoms with Gasteiger partial charge >= 0.3 is 13.8 Å². The van der Waals surface area contributed by atoms with Crippen LogP contribution in [0.15, 0.2) is 24.3 Å². The Hall–Kier alpha value is -1.17. The standard InChI is InChI=1S/C8H6F3O4P/c9-8(10,11)6-3-1-2-5(4-6)7(12)16(13,14)15/h1-4H,(H2,13,14,15). The Balaban J connectivity index is 3.19. The van der Waals surface area contributed by atoms with Crippen molar-refractivity contribution < 1.29 is 32.3 Å². The second-order valence-corrected chi connectivity index (χ2v) is 4.42. The molecule has 0 saturated carbocycles. The quantitative estimate of drug-likeness (QED) is 0.792. The van der Waals surface area contributed by atoms with Crippen molar-refractivity contribution in [3.8, 4) is 0 Å². The lowest BCUT2D eigenvalue weighted by Gasteiger charge is -2.08. The molecule has 0 fully saturated rings. The second kappa shape index (κ2) is 4.01. The predicted octanol–water partition coefficient (Wildman–Crippen LogP) is 2.02. The summed E-state index contributed by atoms with van der Waals surface area (Å²) in [5.41, 5.74) is -3.42. The van der Waals surface area contributed by atoms with E-state index < -0.39 is 30.4 Å². The minimum absolute atomic E-state index is 0.404. The number of hydrogen-bond donors (Lipinski definition) is 2. The van der Waals surface area contributed by atoms with E-state index in [1.807, 2.05) is 0 Å². The first-order valence-electron chi connectivity index (χ1n) is 3.90. The van der Waals surface area contributed by atoms with Crippen LogP contribution in [0, 0.1) is 0 Å². The Morgan fingerprint density at radius 1 is 1.25 bits per heavy atom. The van der Waals surface area contributed by atoms with Gasteiger partial charge in [0.15, 0.2) is 0 Å². The Morgan fingerprint density at radius 3 is 2.25 bits per heavy atom. The molecule has 0 aliphatic carbocycles. The fourth-order valence-electron chi connectivity index (χ4n) is 0.997. The van der Waals surface area contributed by atoms with Crippen LogP contribution in [0.3, 0.4) is 0 Å². The summed E-state index contributed by atoms with van der Waals surface area (Å²) < 4.78 is 47.2. The topological polar surface area (TPSA) is 74.6 Å². The molecule has 0 heterocycles. The van der Waals surface area contributed by atoms with Gasteiger partial charge in [-0.25, -0.2) is 0 Å². The molecule has 1 aromatic carbocycles. The molecule has 88 valence electrons. The van der Waals surface area contributed by atoms with Crippen molar-refractivity contribution in [2.24, 2.45) is 0 Å². The molecule has 16 heavy (non-hydrogen) atoms. The first kappa shape index (κ1) is 12.9. The molecule has 0 aliphatic heterocycles. The number of hydrogen-bond acceptors (Lipinski definition) is 2. The van der Waals surface area contributed by atoms with E-state index in [1.165, 1.54) is 0 Å². The van der Waals surface area contributed by atoms with Crippen LogP contribution in [0.25, 0.3) is 0 Å². The molecular formula is C8H6F3O4P. The maximum absolute atomic E-state index is 12.2. The molecule has 0 radical (unpaired) electrons. The van der Waals surface area contributed by atoms with Crippen LogP contribution in [0.1, 0.15) is 15.9 Å². The third kappa shape index (κ3) is 2.91. The zero-order valence-electron chi connectivity index (χ0n) is 7.60. The predicted molar refractivity (Wildman–Crippen MR) is 47.8 cm³/mol. The number of halogens is 3. The Kier molecular flexibility index (Phi) is 3.23. The van der Waals surface area contributed by atoms with Crippen molar-refractivity contribution in [2.75, 3.05) is 0 Å². The van der Waals surface area contributed by atoms with Gasteiger partial charge in [-0.15, -0.1) is 0 Å². The van der Waals surface area contributed by atoms with Gasteiger partial charge in [-0.05, 0) is 12.1 Å². The molecule has 0 aliphatic rings. The Bertz CT molecular complexity index is 463. The normalized spacial score (nSPS) is 12.6. The minimum atomic E-state index is -5.06. The van der Waals surface area contributed by atoms with Gasteiger partial charge in [-0.1, -0.05) is 12.1 Å². The molecular weight excluding hydrogens is 248 g/mol. The van der Waals surface area contributed by atoms with E-state index in [-0.39, 0.29) is 0 Å². The second-order valence-electron chi connectivity index (χ2n) is 2.93. The number of rotatable bonds is 2. The first-order chi connectivity index (χ1) is 7.12. The fraction of sp³-hybridized carbons (Fsp3) is 0.125. The molecule has 0 bridgehead atoms. The Labute approximate surface area is 87.9 Å². The average molecular weight is 254 g/mol. The van der Waals surface area contributed by atoms with Gasteiger partial charge in [0.2, 0.25) is 0 Å². The summed E-state index contributed by atoms with van der Waals surface area (Å²) in [4.78, 5) is 28.0. The zero-order chi connectivity index (χ0) is 12.6. The minimum Gasteiger partial charge on any atom is -0.319 e. The largest absolute Gasteiger partial charge is 0.416 e. The highest BCUT2D eigenvalue weighted by molar-refractivity contribution is 7.70. The lowest BCUT2D eigenvalue weighted by molar-refractivity contribution is -0.137. The van der Waals surface area contributed by atoms with Crippen molar-refractivity contribution in [3.05, 3.63) is 35.4 Å². The highest BCUT2D eigenvalue weighted by Crippen LogP contribution is 2.40. The van der Waals surface area contributed by atoms with Crippen LogP contribution in [0.5, 0.6) is 0 Å². The molecule has 8 heteroatoms. The highest BCUT2D eigenvalue weighted by Gasteiger charge is 2.33.